The zero-order chi connectivity index (χ0) is 38.1. The van der Waals surface area contributed by atoms with Crippen molar-refractivity contribution < 1.29 is 38.6 Å². The normalized spacial score (nSPS) is 16.0. The van der Waals surface area contributed by atoms with Crippen LogP contribution in [0.25, 0.3) is 0 Å². The second kappa shape index (κ2) is 22.1. The molecule has 1 aliphatic heterocycles. The van der Waals surface area contributed by atoms with Crippen LogP contribution in [0.4, 0.5) is 0 Å². The molecule has 5 atom stereocenters. The van der Waals surface area contributed by atoms with Gasteiger partial charge in [-0.1, -0.05) is 61.0 Å². The maximum Gasteiger partial charge on any atom is 0.306 e. The van der Waals surface area contributed by atoms with Gasteiger partial charge in [-0.2, -0.15) is 0 Å². The topological polar surface area (TPSA) is 178 Å². The van der Waals surface area contributed by atoms with Gasteiger partial charge in [0.25, 0.3) is 5.91 Å². The number of carbonyl (C=O) groups is 6. The summed E-state index contributed by atoms with van der Waals surface area (Å²) in [7, 11) is 4.86. The first kappa shape index (κ1) is 44.2. The van der Waals surface area contributed by atoms with E-state index in [9.17, 15) is 33.9 Å². The van der Waals surface area contributed by atoms with Gasteiger partial charge in [0.05, 0.1) is 24.6 Å². The number of rotatable bonds is 23. The van der Waals surface area contributed by atoms with Gasteiger partial charge in [0.2, 0.25) is 23.6 Å². The first-order valence-electron chi connectivity index (χ1n) is 17.7. The van der Waals surface area contributed by atoms with Gasteiger partial charge in [0.15, 0.2) is 0 Å². The molecule has 0 fully saturated rings. The molecule has 0 aliphatic carbocycles. The van der Waals surface area contributed by atoms with Gasteiger partial charge in [-0.15, -0.1) is 0 Å². The molecule has 0 spiro atoms. The van der Waals surface area contributed by atoms with Crippen LogP contribution in [0.3, 0.4) is 0 Å². The quantitative estimate of drug-likeness (QED) is 0.0919. The molecule has 1 rings (SSSR count). The number of aliphatic carboxylic acids is 1. The van der Waals surface area contributed by atoms with Crippen LogP contribution in [0.2, 0.25) is 0 Å². The third kappa shape index (κ3) is 14.2. The molecule has 0 aromatic heterocycles. The summed E-state index contributed by atoms with van der Waals surface area (Å²) in [4.78, 5) is 80.4. The van der Waals surface area contributed by atoms with Crippen LogP contribution in [-0.4, -0.2) is 114 Å². The van der Waals surface area contributed by atoms with E-state index >= 15 is 0 Å². The van der Waals surface area contributed by atoms with Crippen molar-refractivity contribution in [3.8, 4) is 0 Å². The van der Waals surface area contributed by atoms with Crippen molar-refractivity contribution in [1.29, 1.82) is 0 Å². The highest BCUT2D eigenvalue weighted by Crippen LogP contribution is 2.23. The van der Waals surface area contributed by atoms with Crippen LogP contribution >= 0.6 is 0 Å². The van der Waals surface area contributed by atoms with E-state index < -0.39 is 30.2 Å². The Morgan fingerprint density at radius 2 is 1.52 bits per heavy atom. The second-order valence-electron chi connectivity index (χ2n) is 13.9. The van der Waals surface area contributed by atoms with E-state index in [-0.39, 0.29) is 66.6 Å². The lowest BCUT2D eigenvalue weighted by molar-refractivity contribution is -0.148. The largest absolute Gasteiger partial charge is 0.481 e. The van der Waals surface area contributed by atoms with E-state index in [4.69, 9.17) is 4.74 Å². The van der Waals surface area contributed by atoms with Crippen LogP contribution in [0.15, 0.2) is 24.4 Å². The minimum Gasteiger partial charge on any atom is -0.481 e. The molecular formula is C36H62N6O8. The number of unbranched alkanes of at least 4 members (excludes halogenated alkanes) is 2. The minimum absolute atomic E-state index is 0.0555. The summed E-state index contributed by atoms with van der Waals surface area (Å²) in [5.41, 5.74) is 5.55. The van der Waals surface area contributed by atoms with E-state index in [1.54, 1.807) is 25.1 Å². The summed E-state index contributed by atoms with van der Waals surface area (Å²) in [6.45, 7) is 16.2. The molecule has 0 saturated carbocycles. The lowest BCUT2D eigenvalue weighted by Gasteiger charge is -2.40. The number of carboxylic acid groups (broad SMARTS) is 1. The van der Waals surface area contributed by atoms with Crippen LogP contribution in [0.1, 0.15) is 92.9 Å². The Labute approximate surface area is 298 Å². The zero-order valence-corrected chi connectivity index (χ0v) is 31.6. The van der Waals surface area contributed by atoms with Gasteiger partial charge in [0, 0.05) is 45.3 Å². The van der Waals surface area contributed by atoms with Crippen LogP contribution < -0.4 is 16.2 Å². The third-order valence-electron chi connectivity index (χ3n) is 9.26. The molecule has 0 aromatic rings. The lowest BCUT2D eigenvalue weighted by Crippen LogP contribution is -2.59. The predicted molar refractivity (Wildman–Crippen MR) is 191 cm³/mol. The number of amides is 5. The Bertz CT molecular complexity index is 1190. The molecule has 0 radical (unpaired) electrons. The maximum atomic E-state index is 13.9. The van der Waals surface area contributed by atoms with Crippen LogP contribution in [-0.2, 0) is 33.5 Å². The van der Waals surface area contributed by atoms with Crippen molar-refractivity contribution in [2.45, 2.75) is 117 Å². The van der Waals surface area contributed by atoms with Gasteiger partial charge in [0.1, 0.15) is 6.04 Å². The van der Waals surface area contributed by atoms with Crippen molar-refractivity contribution in [3.63, 3.8) is 0 Å². The number of likely N-dealkylation sites (N-methyl/N-ethyl adjacent to an activating group) is 2. The van der Waals surface area contributed by atoms with Gasteiger partial charge in [-0.25, -0.2) is 0 Å². The summed E-state index contributed by atoms with van der Waals surface area (Å²) < 4.78 is 5.53. The number of hydrogen-bond acceptors (Lipinski definition) is 8. The van der Waals surface area contributed by atoms with Gasteiger partial charge in [-0.05, 0) is 56.7 Å². The van der Waals surface area contributed by atoms with E-state index in [1.807, 2.05) is 46.4 Å². The molecule has 1 aliphatic rings. The number of hydrogen-bond donors (Lipinski definition) is 4. The molecule has 14 nitrogen and oxygen atoms in total. The highest BCUT2D eigenvalue weighted by molar-refractivity contribution is 5.93. The molecule has 1 unspecified atom stereocenters. The number of nitrogens with one attached hydrogen (secondary N) is 3. The molecule has 0 aromatic carbocycles. The molecule has 5 amide bonds. The van der Waals surface area contributed by atoms with Crippen molar-refractivity contribution in [2.24, 2.45) is 17.8 Å². The number of carboxylic acids is 1. The fourth-order valence-corrected chi connectivity index (χ4v) is 6.25. The summed E-state index contributed by atoms with van der Waals surface area (Å²) in [6.07, 6.45) is 5.79. The molecular weight excluding hydrogens is 644 g/mol. The average Bonchev–Trinajstić information content (AvgIpc) is 3.36. The summed E-state index contributed by atoms with van der Waals surface area (Å²) in [5.74, 6) is -2.80. The van der Waals surface area contributed by atoms with E-state index in [1.165, 1.54) is 18.1 Å². The predicted octanol–water partition coefficient (Wildman–Crippen LogP) is 2.85. The molecule has 1 heterocycles. The van der Waals surface area contributed by atoms with E-state index in [0.717, 1.165) is 12.8 Å². The second-order valence-corrected chi connectivity index (χ2v) is 13.9. The van der Waals surface area contributed by atoms with Gasteiger partial charge in [-0.3, -0.25) is 44.5 Å². The first-order chi connectivity index (χ1) is 23.5. The van der Waals surface area contributed by atoms with E-state index in [2.05, 4.69) is 22.7 Å². The third-order valence-corrected chi connectivity index (χ3v) is 9.26. The Kier molecular flexibility index (Phi) is 19.6. The standard InChI is InChI=1S/C36H62N6O8/c1-11-25(6)34(27(50-10)22-31(46)47)41(9)36(49)32(23(2)3)37-35(48)33(24(4)5)40(8)20-15-17-29(44)39-38-28(43)16-13-12-14-21-42-26(7)18-19-30(42)45/h18-19,23-25,27,32-34H,7,11-17,20-22H2,1-6,8-10H3,(H,37,48)(H,38,43)(H,39,44)(H,46,47)/t25-,27+,32-,33?,34-/m0/s1. The smallest absolute Gasteiger partial charge is 0.306 e. The molecule has 4 N–H and O–H groups in total. The minimum atomic E-state index is -1.02. The molecule has 0 bridgehead atoms. The number of nitrogens with zero attached hydrogens (tertiary/aromatic N) is 3. The Morgan fingerprint density at radius 3 is 2.00 bits per heavy atom. The summed E-state index contributed by atoms with van der Waals surface area (Å²) in [5, 5.41) is 12.4. The average molecular weight is 707 g/mol. The van der Waals surface area contributed by atoms with E-state index in [0.29, 0.717) is 38.0 Å². The maximum absolute atomic E-state index is 13.9. The number of ether oxygens (including phenoxy) is 1. The number of hydrazine groups is 1. The Balaban J connectivity index is 2.66. The first-order valence-corrected chi connectivity index (χ1v) is 17.7. The summed E-state index contributed by atoms with van der Waals surface area (Å²) in [6, 6.07) is -1.95. The van der Waals surface area contributed by atoms with Crippen molar-refractivity contribution >= 4 is 35.5 Å². The number of carbonyl (C=O) groups excluding carboxylic acids is 5. The lowest BCUT2D eigenvalue weighted by atomic mass is 9.90. The van der Waals surface area contributed by atoms with Crippen LogP contribution in [0.5, 0.6) is 0 Å². The molecule has 14 heteroatoms. The SMILES string of the molecule is C=C1C=CC(=O)N1CCCCCC(=O)NNC(=O)CCCN(C)C(C(=O)N[C@H](C(=O)N(C)[C@@H]([C@@H](C)CC)[C@@H](CC(=O)O)OC)C(C)C)C(C)C. The molecule has 50 heavy (non-hydrogen) atoms. The molecule has 0 saturated heterocycles. The highest BCUT2D eigenvalue weighted by atomic mass is 16.5. The number of allylic oxidation sites excluding steroid dienone is 1. The summed E-state index contributed by atoms with van der Waals surface area (Å²) >= 11 is 0. The van der Waals surface area contributed by atoms with Crippen molar-refractivity contribution in [1.82, 2.24) is 30.9 Å². The monoisotopic (exact) mass is 706 g/mol. The van der Waals surface area contributed by atoms with Gasteiger partial charge >= 0.3 is 5.97 Å². The fraction of sp³-hybridized carbons (Fsp3) is 0.722. The Hall–Kier alpha value is -3.78. The molecule has 284 valence electrons. The van der Waals surface area contributed by atoms with Crippen LogP contribution in [0, 0.1) is 17.8 Å². The zero-order valence-electron chi connectivity index (χ0n) is 31.6. The number of methoxy groups -OCH3 is 1. The Morgan fingerprint density at radius 1 is 0.920 bits per heavy atom. The fourth-order valence-electron chi connectivity index (χ4n) is 6.25. The van der Waals surface area contributed by atoms with Crippen molar-refractivity contribution in [2.75, 3.05) is 34.3 Å². The van der Waals surface area contributed by atoms with Crippen molar-refractivity contribution in [3.05, 3.63) is 24.4 Å². The highest BCUT2D eigenvalue weighted by Gasteiger charge is 2.39. The van der Waals surface area contributed by atoms with Gasteiger partial charge < -0.3 is 25.0 Å².